The number of piperidine rings is 1. The first-order chi connectivity index (χ1) is 14.9. The van der Waals surface area contributed by atoms with E-state index in [1.54, 1.807) is 18.7 Å². The molecule has 0 spiro atoms. The van der Waals surface area contributed by atoms with Crippen LogP contribution in [-0.4, -0.2) is 42.2 Å². The number of imidazole rings is 1. The molecular formula is C21H23N7O3. The maximum atomic E-state index is 13.3. The second-order valence-electron chi connectivity index (χ2n) is 7.91. The maximum absolute atomic E-state index is 13.3. The third-order valence-electron chi connectivity index (χ3n) is 5.86. The Morgan fingerprint density at radius 1 is 1.16 bits per heavy atom. The van der Waals surface area contributed by atoms with E-state index in [9.17, 15) is 14.4 Å². The molecule has 1 amide bonds. The summed E-state index contributed by atoms with van der Waals surface area (Å²) in [4.78, 5) is 46.1. The number of para-hydroxylation sites is 1. The van der Waals surface area contributed by atoms with Gasteiger partial charge in [0.15, 0.2) is 11.2 Å². The highest BCUT2D eigenvalue weighted by Gasteiger charge is 2.25. The molecule has 5 rings (SSSR count). The summed E-state index contributed by atoms with van der Waals surface area (Å²) in [5.41, 5.74) is 1.42. The smallest absolute Gasteiger partial charge is 0.332 e. The van der Waals surface area contributed by atoms with E-state index in [-0.39, 0.29) is 18.1 Å². The molecule has 1 saturated heterocycles. The monoisotopic (exact) mass is 421 g/mol. The first-order valence-electron chi connectivity index (χ1n) is 10.2. The van der Waals surface area contributed by atoms with Gasteiger partial charge in [0.1, 0.15) is 6.04 Å². The SMILES string of the molecule is Cn1c(NC2CCCNC2=O)nc2c1c(=O)n(Cc1cc3ccccc3[nH]1)c(=O)n2C. The summed E-state index contributed by atoms with van der Waals surface area (Å²) >= 11 is 0. The maximum Gasteiger partial charge on any atom is 0.332 e. The van der Waals surface area contributed by atoms with Gasteiger partial charge in [-0.2, -0.15) is 4.98 Å². The summed E-state index contributed by atoms with van der Waals surface area (Å²) in [5.74, 6) is 0.288. The number of hydrogen-bond donors (Lipinski definition) is 3. The number of nitrogens with one attached hydrogen (secondary N) is 3. The van der Waals surface area contributed by atoms with Crippen LogP contribution in [0.3, 0.4) is 0 Å². The zero-order valence-corrected chi connectivity index (χ0v) is 17.3. The topological polar surface area (TPSA) is 119 Å². The average molecular weight is 421 g/mol. The lowest BCUT2D eigenvalue weighted by atomic mass is 10.1. The lowest BCUT2D eigenvalue weighted by Crippen LogP contribution is -2.44. The number of fused-ring (bicyclic) bond motifs is 2. The van der Waals surface area contributed by atoms with E-state index in [0.29, 0.717) is 24.4 Å². The number of hydrogen-bond acceptors (Lipinski definition) is 5. The van der Waals surface area contributed by atoms with Crippen molar-refractivity contribution < 1.29 is 4.79 Å². The van der Waals surface area contributed by atoms with Gasteiger partial charge in [0, 0.05) is 31.9 Å². The Hall–Kier alpha value is -3.82. The van der Waals surface area contributed by atoms with Gasteiger partial charge in [-0.3, -0.25) is 18.7 Å². The van der Waals surface area contributed by atoms with Crippen LogP contribution >= 0.6 is 0 Å². The Bertz CT molecular complexity index is 1410. The van der Waals surface area contributed by atoms with Crippen molar-refractivity contribution in [3.05, 3.63) is 56.9 Å². The van der Waals surface area contributed by atoms with Crippen LogP contribution in [0, 0.1) is 0 Å². The number of H-pyrrole nitrogens is 1. The molecule has 10 nitrogen and oxygen atoms in total. The number of aryl methyl sites for hydroxylation is 2. The fraction of sp³-hybridized carbons (Fsp3) is 0.333. The summed E-state index contributed by atoms with van der Waals surface area (Å²) in [7, 11) is 3.30. The average Bonchev–Trinajstić information content (AvgIpc) is 3.32. The Labute approximate surface area is 176 Å². The number of amides is 1. The van der Waals surface area contributed by atoms with Gasteiger partial charge in [-0.15, -0.1) is 0 Å². The first-order valence-corrected chi connectivity index (χ1v) is 10.2. The summed E-state index contributed by atoms with van der Waals surface area (Å²) in [6.07, 6.45) is 1.54. The third kappa shape index (κ3) is 3.11. The van der Waals surface area contributed by atoms with E-state index in [1.807, 2.05) is 30.3 Å². The van der Waals surface area contributed by atoms with Crippen molar-refractivity contribution in [1.82, 2.24) is 29.0 Å². The molecule has 1 aliphatic rings. The van der Waals surface area contributed by atoms with Crippen LogP contribution in [0.5, 0.6) is 0 Å². The highest BCUT2D eigenvalue weighted by molar-refractivity contribution is 5.85. The van der Waals surface area contributed by atoms with Crippen molar-refractivity contribution in [2.75, 3.05) is 11.9 Å². The van der Waals surface area contributed by atoms with Crippen LogP contribution in [0.1, 0.15) is 18.5 Å². The second-order valence-corrected chi connectivity index (χ2v) is 7.91. The molecule has 10 heteroatoms. The largest absolute Gasteiger partial charge is 0.357 e. The van der Waals surface area contributed by atoms with Crippen molar-refractivity contribution in [2.45, 2.75) is 25.4 Å². The van der Waals surface area contributed by atoms with Crippen LogP contribution in [0.2, 0.25) is 0 Å². The Kier molecular flexibility index (Phi) is 4.42. The molecule has 3 N–H and O–H groups in total. The Morgan fingerprint density at radius 3 is 2.74 bits per heavy atom. The lowest BCUT2D eigenvalue weighted by Gasteiger charge is -2.23. The minimum Gasteiger partial charge on any atom is -0.357 e. The van der Waals surface area contributed by atoms with Gasteiger partial charge in [-0.1, -0.05) is 18.2 Å². The fourth-order valence-electron chi connectivity index (χ4n) is 4.17. The zero-order valence-electron chi connectivity index (χ0n) is 17.3. The third-order valence-corrected chi connectivity index (χ3v) is 5.86. The summed E-state index contributed by atoms with van der Waals surface area (Å²) in [5, 5.41) is 6.96. The van der Waals surface area contributed by atoms with Gasteiger partial charge in [0.25, 0.3) is 5.56 Å². The van der Waals surface area contributed by atoms with Crippen molar-refractivity contribution >= 4 is 33.9 Å². The minimum absolute atomic E-state index is 0.0941. The minimum atomic E-state index is -0.448. The van der Waals surface area contributed by atoms with E-state index >= 15 is 0 Å². The van der Waals surface area contributed by atoms with Crippen molar-refractivity contribution in [3.8, 4) is 0 Å². The number of anilines is 1. The van der Waals surface area contributed by atoms with Crippen molar-refractivity contribution in [3.63, 3.8) is 0 Å². The lowest BCUT2D eigenvalue weighted by molar-refractivity contribution is -0.123. The number of nitrogens with zero attached hydrogens (tertiary/aromatic N) is 4. The van der Waals surface area contributed by atoms with Gasteiger partial charge in [0.2, 0.25) is 11.9 Å². The quantitative estimate of drug-likeness (QED) is 0.447. The fourth-order valence-corrected chi connectivity index (χ4v) is 4.17. The molecule has 160 valence electrons. The predicted octanol–water partition coefficient (Wildman–Crippen LogP) is 0.654. The molecule has 1 atom stereocenters. The molecule has 4 aromatic rings. The molecule has 1 unspecified atom stereocenters. The standard InChI is InChI=1S/C21H23N7O3/c1-26-16-17(25-20(26)24-15-8-5-9-22-18(15)29)27(2)21(31)28(19(16)30)11-13-10-12-6-3-4-7-14(12)23-13/h3-4,6-7,10,15,23H,5,8-9,11H2,1-2H3,(H,22,29)(H,24,25). The van der Waals surface area contributed by atoms with Gasteiger partial charge >= 0.3 is 5.69 Å². The summed E-state index contributed by atoms with van der Waals surface area (Å²) < 4.78 is 4.18. The zero-order chi connectivity index (χ0) is 21.7. The normalized spacial score (nSPS) is 16.7. The molecule has 1 fully saturated rings. The van der Waals surface area contributed by atoms with Crippen LogP contribution in [0.4, 0.5) is 5.95 Å². The van der Waals surface area contributed by atoms with Crippen molar-refractivity contribution in [2.24, 2.45) is 14.1 Å². The van der Waals surface area contributed by atoms with Crippen LogP contribution < -0.4 is 21.9 Å². The number of aromatic nitrogens is 5. The molecule has 3 aromatic heterocycles. The first kappa shape index (κ1) is 19.2. The van der Waals surface area contributed by atoms with Crippen LogP contribution in [-0.2, 0) is 25.4 Å². The van der Waals surface area contributed by atoms with E-state index in [1.165, 1.54) is 9.13 Å². The number of carbonyl (C=O) groups excluding carboxylic acids is 1. The van der Waals surface area contributed by atoms with Gasteiger partial charge in [-0.05, 0) is 30.4 Å². The molecule has 1 aliphatic heterocycles. The Morgan fingerprint density at radius 2 is 1.97 bits per heavy atom. The Balaban J connectivity index is 1.58. The molecule has 1 aromatic carbocycles. The molecule has 0 bridgehead atoms. The molecule has 31 heavy (non-hydrogen) atoms. The molecule has 0 aliphatic carbocycles. The molecule has 4 heterocycles. The molecule has 0 radical (unpaired) electrons. The van der Waals surface area contributed by atoms with E-state index in [4.69, 9.17) is 0 Å². The summed E-state index contributed by atoms with van der Waals surface area (Å²) in [6, 6.07) is 9.30. The van der Waals surface area contributed by atoms with Crippen molar-refractivity contribution in [1.29, 1.82) is 0 Å². The van der Waals surface area contributed by atoms with Gasteiger partial charge in [-0.25, -0.2) is 4.79 Å². The predicted molar refractivity (Wildman–Crippen MR) is 117 cm³/mol. The van der Waals surface area contributed by atoms with Crippen LogP contribution in [0.15, 0.2) is 39.9 Å². The highest BCUT2D eigenvalue weighted by Crippen LogP contribution is 2.18. The highest BCUT2D eigenvalue weighted by atomic mass is 16.2. The number of benzene rings is 1. The van der Waals surface area contributed by atoms with Gasteiger partial charge < -0.3 is 20.2 Å². The number of carbonyl (C=O) groups is 1. The number of aromatic amines is 1. The van der Waals surface area contributed by atoms with E-state index in [0.717, 1.165) is 23.0 Å². The van der Waals surface area contributed by atoms with Gasteiger partial charge in [0.05, 0.1) is 6.54 Å². The van der Waals surface area contributed by atoms with E-state index < -0.39 is 17.3 Å². The molecular weight excluding hydrogens is 398 g/mol. The number of rotatable bonds is 4. The van der Waals surface area contributed by atoms with Crippen LogP contribution in [0.25, 0.3) is 22.1 Å². The second kappa shape index (κ2) is 7.15. The molecule has 0 saturated carbocycles. The van der Waals surface area contributed by atoms with E-state index in [2.05, 4.69) is 20.6 Å². The summed E-state index contributed by atoms with van der Waals surface area (Å²) in [6.45, 7) is 0.779.